The number of cyclic esters (lactones) is 1. The summed E-state index contributed by atoms with van der Waals surface area (Å²) >= 11 is 6.88. The van der Waals surface area contributed by atoms with Gasteiger partial charge in [-0.3, -0.25) is 0 Å². The highest BCUT2D eigenvalue weighted by molar-refractivity contribution is 9.11. The molecule has 3 aromatic rings. The number of nitrogens with zero attached hydrogens (tertiary/aromatic N) is 1. The van der Waals surface area contributed by atoms with Gasteiger partial charge in [-0.2, -0.15) is 0 Å². The van der Waals surface area contributed by atoms with E-state index < -0.39 is 11.9 Å². The average Bonchev–Trinajstić information content (AvgIpc) is 3.11. The zero-order valence-electron chi connectivity index (χ0n) is 17.2. The third-order valence-electron chi connectivity index (χ3n) is 4.70. The van der Waals surface area contributed by atoms with Gasteiger partial charge in [-0.25, -0.2) is 14.6 Å². The molecule has 0 bridgehead atoms. The van der Waals surface area contributed by atoms with Gasteiger partial charge in [-0.1, -0.05) is 51.3 Å². The van der Waals surface area contributed by atoms with Crippen molar-refractivity contribution in [2.24, 2.45) is 4.99 Å². The predicted molar refractivity (Wildman–Crippen MR) is 130 cm³/mol. The second-order valence-corrected chi connectivity index (χ2v) is 9.04. The van der Waals surface area contributed by atoms with Gasteiger partial charge in [0.15, 0.2) is 11.4 Å². The maximum absolute atomic E-state index is 12.7. The van der Waals surface area contributed by atoms with Gasteiger partial charge in [-0.15, -0.1) is 0 Å². The van der Waals surface area contributed by atoms with Crippen LogP contribution in [0.3, 0.4) is 0 Å². The molecule has 1 aliphatic rings. The Labute approximate surface area is 202 Å². The lowest BCUT2D eigenvalue weighted by molar-refractivity contribution is -0.129. The minimum atomic E-state index is -0.576. The smallest absolute Gasteiger partial charge is 0.363 e. The summed E-state index contributed by atoms with van der Waals surface area (Å²) in [5.74, 6) is -0.575. The van der Waals surface area contributed by atoms with Crippen LogP contribution in [0.5, 0.6) is 5.75 Å². The number of hydrogen-bond donors (Lipinski definition) is 0. The number of carbonyl (C=O) groups excluding carboxylic acids is 2. The summed E-state index contributed by atoms with van der Waals surface area (Å²) in [6, 6.07) is 18.1. The van der Waals surface area contributed by atoms with E-state index in [1.54, 1.807) is 30.3 Å². The van der Waals surface area contributed by atoms with Crippen molar-refractivity contribution in [3.8, 4) is 5.75 Å². The maximum atomic E-state index is 12.7. The number of aliphatic imine (C=N–C) groups is 1. The van der Waals surface area contributed by atoms with E-state index in [0.29, 0.717) is 21.2 Å². The van der Waals surface area contributed by atoms with E-state index in [4.69, 9.17) is 9.47 Å². The van der Waals surface area contributed by atoms with Crippen LogP contribution in [0.15, 0.2) is 80.3 Å². The standard InChI is InChI=1S/C25H17Br2NO4/c1-14-6-8-16(9-7-14)24(29)31-22-18(11-19(26)13-20(22)27)12-21-25(30)32-23(28-21)17-5-3-4-15(2)10-17/h3-13H,1-2H3/b21-12-. The summed E-state index contributed by atoms with van der Waals surface area (Å²) in [6.45, 7) is 3.89. The van der Waals surface area contributed by atoms with Crippen LogP contribution in [0.2, 0.25) is 0 Å². The van der Waals surface area contributed by atoms with Crippen molar-refractivity contribution >= 4 is 55.8 Å². The van der Waals surface area contributed by atoms with Gasteiger partial charge in [-0.05, 0) is 72.3 Å². The van der Waals surface area contributed by atoms with E-state index in [1.807, 2.05) is 50.2 Å². The molecule has 0 unspecified atom stereocenters. The van der Waals surface area contributed by atoms with Crippen molar-refractivity contribution in [1.82, 2.24) is 0 Å². The molecule has 32 heavy (non-hydrogen) atoms. The monoisotopic (exact) mass is 553 g/mol. The van der Waals surface area contributed by atoms with E-state index >= 15 is 0 Å². The Bertz CT molecular complexity index is 1290. The molecule has 3 aromatic carbocycles. The van der Waals surface area contributed by atoms with E-state index in [9.17, 15) is 9.59 Å². The van der Waals surface area contributed by atoms with Gasteiger partial charge in [0.25, 0.3) is 0 Å². The molecule has 0 N–H and O–H groups in total. The third-order valence-corrected chi connectivity index (χ3v) is 5.74. The SMILES string of the molecule is Cc1ccc(C(=O)Oc2c(Br)cc(Br)cc2/C=C2\N=C(c3cccc(C)c3)OC2=O)cc1. The molecule has 0 fully saturated rings. The second-order valence-electron chi connectivity index (χ2n) is 7.27. The fourth-order valence-electron chi connectivity index (χ4n) is 3.09. The Balaban J connectivity index is 1.70. The number of rotatable bonds is 4. The first-order valence-electron chi connectivity index (χ1n) is 9.67. The van der Waals surface area contributed by atoms with Crippen molar-refractivity contribution < 1.29 is 19.1 Å². The summed E-state index contributed by atoms with van der Waals surface area (Å²) in [4.78, 5) is 29.5. The first-order chi connectivity index (χ1) is 15.3. The molecule has 0 saturated heterocycles. The van der Waals surface area contributed by atoms with Crippen molar-refractivity contribution in [1.29, 1.82) is 0 Å². The van der Waals surface area contributed by atoms with Crippen LogP contribution in [0.4, 0.5) is 0 Å². The average molecular weight is 555 g/mol. The first kappa shape index (κ1) is 22.2. The summed E-state index contributed by atoms with van der Waals surface area (Å²) < 4.78 is 12.3. The third kappa shape index (κ3) is 4.89. The molecule has 0 aliphatic carbocycles. The van der Waals surface area contributed by atoms with Crippen LogP contribution in [0.25, 0.3) is 6.08 Å². The Morgan fingerprint density at radius 3 is 2.47 bits per heavy atom. The van der Waals surface area contributed by atoms with Gasteiger partial charge in [0.2, 0.25) is 5.90 Å². The van der Waals surface area contributed by atoms with Crippen LogP contribution in [0, 0.1) is 13.8 Å². The van der Waals surface area contributed by atoms with Crippen molar-refractivity contribution in [2.75, 3.05) is 0 Å². The highest BCUT2D eigenvalue weighted by Gasteiger charge is 2.25. The lowest BCUT2D eigenvalue weighted by Crippen LogP contribution is -2.10. The van der Waals surface area contributed by atoms with Gasteiger partial charge in [0.05, 0.1) is 10.0 Å². The summed E-state index contributed by atoms with van der Waals surface area (Å²) in [7, 11) is 0. The summed E-state index contributed by atoms with van der Waals surface area (Å²) in [6.07, 6.45) is 1.54. The van der Waals surface area contributed by atoms with Gasteiger partial charge >= 0.3 is 11.9 Å². The van der Waals surface area contributed by atoms with Crippen LogP contribution < -0.4 is 4.74 Å². The summed E-state index contributed by atoms with van der Waals surface area (Å²) in [5.41, 5.74) is 3.80. The molecule has 0 aromatic heterocycles. The normalized spacial score (nSPS) is 14.3. The number of hydrogen-bond acceptors (Lipinski definition) is 5. The van der Waals surface area contributed by atoms with Crippen molar-refractivity contribution in [3.05, 3.63) is 103 Å². The summed E-state index contributed by atoms with van der Waals surface area (Å²) in [5, 5.41) is 0. The van der Waals surface area contributed by atoms with E-state index in [1.165, 1.54) is 0 Å². The largest absolute Gasteiger partial charge is 0.421 e. The molecule has 0 amide bonds. The molecule has 4 rings (SSSR count). The lowest BCUT2D eigenvalue weighted by Gasteiger charge is -2.11. The van der Waals surface area contributed by atoms with Crippen LogP contribution in [0.1, 0.15) is 32.6 Å². The Morgan fingerprint density at radius 2 is 1.75 bits per heavy atom. The second kappa shape index (κ2) is 9.22. The molecule has 1 heterocycles. The quantitative estimate of drug-likeness (QED) is 0.213. The van der Waals surface area contributed by atoms with Gasteiger partial charge < -0.3 is 9.47 Å². The number of carbonyl (C=O) groups is 2. The molecule has 1 aliphatic heterocycles. The number of halogens is 2. The highest BCUT2D eigenvalue weighted by Crippen LogP contribution is 2.35. The Morgan fingerprint density at radius 1 is 1.00 bits per heavy atom. The fourth-order valence-corrected chi connectivity index (χ4v) is 4.43. The lowest BCUT2D eigenvalue weighted by atomic mass is 10.1. The topological polar surface area (TPSA) is 65.0 Å². The molecule has 0 spiro atoms. The van der Waals surface area contributed by atoms with E-state index in [0.717, 1.165) is 15.6 Å². The Kier molecular flexibility index (Phi) is 6.39. The molecule has 160 valence electrons. The van der Waals surface area contributed by atoms with E-state index in [2.05, 4.69) is 36.9 Å². The van der Waals surface area contributed by atoms with Crippen molar-refractivity contribution in [3.63, 3.8) is 0 Å². The highest BCUT2D eigenvalue weighted by atomic mass is 79.9. The van der Waals surface area contributed by atoms with Crippen molar-refractivity contribution in [2.45, 2.75) is 13.8 Å². The van der Waals surface area contributed by atoms with Crippen LogP contribution in [-0.4, -0.2) is 17.8 Å². The minimum absolute atomic E-state index is 0.110. The fraction of sp³-hybridized carbons (Fsp3) is 0.0800. The first-order valence-corrected chi connectivity index (χ1v) is 11.3. The molecule has 0 atom stereocenters. The van der Waals surface area contributed by atoms with Crippen LogP contribution >= 0.6 is 31.9 Å². The zero-order valence-corrected chi connectivity index (χ0v) is 20.4. The molecule has 5 nitrogen and oxygen atoms in total. The minimum Gasteiger partial charge on any atom is -0.421 e. The molecular weight excluding hydrogens is 538 g/mol. The number of ether oxygens (including phenoxy) is 2. The number of aryl methyl sites for hydroxylation is 2. The Hall–Kier alpha value is -3.03. The van der Waals surface area contributed by atoms with Crippen LogP contribution in [-0.2, 0) is 9.53 Å². The van der Waals surface area contributed by atoms with Gasteiger partial charge in [0.1, 0.15) is 0 Å². The molecule has 0 radical (unpaired) electrons. The molecule has 7 heteroatoms. The predicted octanol–water partition coefficient (Wildman–Crippen LogP) is 6.39. The molecular formula is C25H17Br2NO4. The van der Waals surface area contributed by atoms with Gasteiger partial charge in [0, 0.05) is 15.6 Å². The molecule has 0 saturated carbocycles. The number of benzene rings is 3. The zero-order chi connectivity index (χ0) is 22.8. The van der Waals surface area contributed by atoms with E-state index in [-0.39, 0.29) is 17.3 Å². The number of esters is 2. The maximum Gasteiger partial charge on any atom is 0.363 e.